The summed E-state index contributed by atoms with van der Waals surface area (Å²) in [6.45, 7) is 7.89. The summed E-state index contributed by atoms with van der Waals surface area (Å²) in [5.41, 5.74) is 2.20. The molecule has 0 aliphatic carbocycles. The van der Waals surface area contributed by atoms with E-state index in [0.29, 0.717) is 11.5 Å². The summed E-state index contributed by atoms with van der Waals surface area (Å²) in [7, 11) is 0. The van der Waals surface area contributed by atoms with Gasteiger partial charge < -0.3 is 9.84 Å². The molecule has 0 saturated heterocycles. The largest absolute Gasteiger partial charge is 0.457 e. The van der Waals surface area contributed by atoms with Crippen LogP contribution in [0.5, 0.6) is 11.5 Å². The monoisotopic (exact) mass is 288 g/mol. The molecule has 0 bridgehead atoms. The molecule has 2 rings (SSSR count). The summed E-state index contributed by atoms with van der Waals surface area (Å²) in [4.78, 5) is 0. The molecule has 0 atom stereocenters. The lowest BCUT2D eigenvalue weighted by atomic mass is 9.86. The fourth-order valence-electron chi connectivity index (χ4n) is 2.24. The van der Waals surface area contributed by atoms with E-state index in [-0.39, 0.29) is 11.0 Å². The van der Waals surface area contributed by atoms with Gasteiger partial charge in [-0.05, 0) is 36.1 Å². The molecule has 3 heteroatoms. The molecular weight excluding hydrogens is 267 g/mol. The molecule has 0 amide bonds. The zero-order valence-corrected chi connectivity index (χ0v) is 12.9. The minimum absolute atomic E-state index is 0.0876. The maximum Gasteiger partial charge on any atom is 0.135 e. The van der Waals surface area contributed by atoms with Crippen LogP contribution < -0.4 is 4.74 Å². The molecule has 0 saturated carbocycles. The lowest BCUT2D eigenvalue weighted by Crippen LogP contribution is -2.13. The third-order valence-electron chi connectivity index (χ3n) is 3.40. The third kappa shape index (κ3) is 3.42. The van der Waals surface area contributed by atoms with E-state index in [9.17, 15) is 9.50 Å². The molecule has 0 radical (unpaired) electrons. The first-order chi connectivity index (χ1) is 9.82. The predicted octanol–water partition coefficient (Wildman–Crippen LogP) is 4.72. The molecule has 21 heavy (non-hydrogen) atoms. The van der Waals surface area contributed by atoms with Crippen LogP contribution in [0.2, 0.25) is 0 Å². The van der Waals surface area contributed by atoms with Gasteiger partial charge in [0, 0.05) is 5.56 Å². The minimum Gasteiger partial charge on any atom is -0.457 e. The average molecular weight is 288 g/mol. The number of aryl methyl sites for hydroxylation is 1. The molecule has 0 aromatic heterocycles. The quantitative estimate of drug-likeness (QED) is 0.885. The van der Waals surface area contributed by atoms with Crippen molar-refractivity contribution in [3.8, 4) is 11.5 Å². The Labute approximate surface area is 125 Å². The molecule has 0 heterocycles. The van der Waals surface area contributed by atoms with Gasteiger partial charge in [0.25, 0.3) is 0 Å². The van der Waals surface area contributed by atoms with E-state index < -0.39 is 12.4 Å². The Hall–Kier alpha value is -1.87. The summed E-state index contributed by atoms with van der Waals surface area (Å²) in [6.07, 6.45) is 0. The van der Waals surface area contributed by atoms with Crippen LogP contribution in [0.1, 0.15) is 37.5 Å². The van der Waals surface area contributed by atoms with Crippen LogP contribution in [-0.4, -0.2) is 5.11 Å². The van der Waals surface area contributed by atoms with Crippen LogP contribution in [0.4, 0.5) is 4.39 Å². The summed E-state index contributed by atoms with van der Waals surface area (Å²) >= 11 is 0. The Kier molecular flexibility index (Phi) is 4.33. The van der Waals surface area contributed by atoms with E-state index in [1.807, 2.05) is 25.1 Å². The highest BCUT2D eigenvalue weighted by atomic mass is 19.1. The third-order valence-corrected chi connectivity index (χ3v) is 3.40. The van der Waals surface area contributed by atoms with Gasteiger partial charge in [0.15, 0.2) is 0 Å². The van der Waals surface area contributed by atoms with Crippen molar-refractivity contribution >= 4 is 0 Å². The zero-order valence-electron chi connectivity index (χ0n) is 12.9. The van der Waals surface area contributed by atoms with Gasteiger partial charge in [-0.15, -0.1) is 0 Å². The van der Waals surface area contributed by atoms with Gasteiger partial charge in [-0.3, -0.25) is 0 Å². The lowest BCUT2D eigenvalue weighted by Gasteiger charge is -2.23. The molecule has 0 aliphatic rings. The van der Waals surface area contributed by atoms with Gasteiger partial charge in [-0.1, -0.05) is 39.0 Å². The van der Waals surface area contributed by atoms with E-state index in [4.69, 9.17) is 4.74 Å². The Bertz CT molecular complexity index is 642. The highest BCUT2D eigenvalue weighted by Gasteiger charge is 2.20. The van der Waals surface area contributed by atoms with Crippen molar-refractivity contribution < 1.29 is 14.2 Å². The molecule has 0 aliphatic heterocycles. The molecular formula is C18H21FO2. The van der Waals surface area contributed by atoms with Gasteiger partial charge >= 0.3 is 0 Å². The molecule has 112 valence electrons. The van der Waals surface area contributed by atoms with Crippen molar-refractivity contribution in [2.45, 2.75) is 39.7 Å². The van der Waals surface area contributed by atoms with Crippen LogP contribution in [-0.2, 0) is 12.0 Å². The summed E-state index contributed by atoms with van der Waals surface area (Å²) in [6, 6.07) is 10.6. The number of aliphatic hydroxyl groups is 1. The number of aliphatic hydroxyl groups excluding tert-OH is 1. The van der Waals surface area contributed by atoms with Gasteiger partial charge in [0.05, 0.1) is 12.2 Å². The molecule has 0 fully saturated rings. The van der Waals surface area contributed by atoms with Crippen molar-refractivity contribution in [1.82, 2.24) is 0 Å². The standard InChI is InChI=1S/C18H21FO2/c1-12-8-9-14(18(2,3)4)17(10-12)21-16-7-5-6-15(19)13(16)11-20/h5-10,20H,11H2,1-4H3. The fourth-order valence-corrected chi connectivity index (χ4v) is 2.24. The van der Waals surface area contributed by atoms with Crippen molar-refractivity contribution in [3.05, 3.63) is 58.9 Å². The zero-order chi connectivity index (χ0) is 15.6. The number of halogens is 1. The number of benzene rings is 2. The van der Waals surface area contributed by atoms with Crippen LogP contribution in [0.15, 0.2) is 36.4 Å². The normalized spacial score (nSPS) is 11.5. The first-order valence-corrected chi connectivity index (χ1v) is 7.00. The average Bonchev–Trinajstić information content (AvgIpc) is 2.37. The van der Waals surface area contributed by atoms with Gasteiger partial charge in [-0.25, -0.2) is 4.39 Å². The Morgan fingerprint density at radius 1 is 1.10 bits per heavy atom. The van der Waals surface area contributed by atoms with Gasteiger partial charge in [0.1, 0.15) is 17.3 Å². The molecule has 2 aromatic rings. The highest BCUT2D eigenvalue weighted by molar-refractivity contribution is 5.45. The number of rotatable bonds is 3. The maximum atomic E-state index is 13.7. The maximum absolute atomic E-state index is 13.7. The first kappa shape index (κ1) is 15.5. The second kappa shape index (κ2) is 5.86. The molecule has 0 spiro atoms. The van der Waals surface area contributed by atoms with Crippen molar-refractivity contribution in [3.63, 3.8) is 0 Å². The SMILES string of the molecule is Cc1ccc(C(C)(C)C)c(Oc2cccc(F)c2CO)c1. The van der Waals surface area contributed by atoms with E-state index in [1.54, 1.807) is 12.1 Å². The topological polar surface area (TPSA) is 29.5 Å². The molecule has 1 N–H and O–H groups in total. The lowest BCUT2D eigenvalue weighted by molar-refractivity contribution is 0.269. The molecule has 2 nitrogen and oxygen atoms in total. The Morgan fingerprint density at radius 3 is 2.43 bits per heavy atom. The van der Waals surface area contributed by atoms with Crippen molar-refractivity contribution in [1.29, 1.82) is 0 Å². The van der Waals surface area contributed by atoms with Crippen molar-refractivity contribution in [2.75, 3.05) is 0 Å². The van der Waals surface area contributed by atoms with Gasteiger partial charge in [-0.2, -0.15) is 0 Å². The van der Waals surface area contributed by atoms with E-state index in [1.165, 1.54) is 6.07 Å². The van der Waals surface area contributed by atoms with E-state index in [0.717, 1.165) is 11.1 Å². The van der Waals surface area contributed by atoms with E-state index in [2.05, 4.69) is 20.8 Å². The number of hydrogen-bond donors (Lipinski definition) is 1. The van der Waals surface area contributed by atoms with E-state index >= 15 is 0 Å². The first-order valence-electron chi connectivity index (χ1n) is 7.00. The summed E-state index contributed by atoms with van der Waals surface area (Å²) in [5, 5.41) is 9.34. The molecule has 2 aromatic carbocycles. The summed E-state index contributed by atoms with van der Waals surface area (Å²) in [5.74, 6) is 0.594. The predicted molar refractivity (Wildman–Crippen MR) is 82.3 cm³/mol. The second-order valence-corrected chi connectivity index (χ2v) is 6.23. The Balaban J connectivity index is 2.49. The highest BCUT2D eigenvalue weighted by Crippen LogP contribution is 2.36. The molecule has 0 unspecified atom stereocenters. The summed E-state index contributed by atoms with van der Waals surface area (Å²) < 4.78 is 19.6. The Morgan fingerprint density at radius 2 is 1.81 bits per heavy atom. The van der Waals surface area contributed by atoms with Crippen LogP contribution in [0.25, 0.3) is 0 Å². The minimum atomic E-state index is -0.458. The number of hydrogen-bond acceptors (Lipinski definition) is 2. The van der Waals surface area contributed by atoms with Gasteiger partial charge in [0.2, 0.25) is 0 Å². The second-order valence-electron chi connectivity index (χ2n) is 6.23. The smallest absolute Gasteiger partial charge is 0.135 e. The number of ether oxygens (including phenoxy) is 1. The van der Waals surface area contributed by atoms with Crippen molar-refractivity contribution in [2.24, 2.45) is 0 Å². The fraction of sp³-hybridized carbons (Fsp3) is 0.333. The van der Waals surface area contributed by atoms with Crippen LogP contribution in [0.3, 0.4) is 0 Å². The van der Waals surface area contributed by atoms with Crippen LogP contribution >= 0.6 is 0 Å². The van der Waals surface area contributed by atoms with Crippen LogP contribution in [0, 0.1) is 12.7 Å².